The van der Waals surface area contributed by atoms with Crippen LogP contribution < -0.4 is 10.6 Å². The molecule has 0 aromatic carbocycles. The van der Waals surface area contributed by atoms with Crippen LogP contribution in [-0.4, -0.2) is 22.6 Å². The Balaban J connectivity index is 1.79. The Morgan fingerprint density at radius 1 is 1.30 bits per heavy atom. The highest BCUT2D eigenvalue weighted by Crippen LogP contribution is 2.38. The lowest BCUT2D eigenvalue weighted by Gasteiger charge is -2.09. The highest BCUT2D eigenvalue weighted by atomic mass is 32.1. The molecule has 0 spiro atoms. The van der Waals surface area contributed by atoms with E-state index in [9.17, 15) is 0 Å². The van der Waals surface area contributed by atoms with Crippen LogP contribution in [0.4, 0.5) is 11.8 Å². The van der Waals surface area contributed by atoms with E-state index >= 15 is 0 Å². The molecule has 2 aromatic heterocycles. The van der Waals surface area contributed by atoms with E-state index in [4.69, 9.17) is 0 Å². The second-order valence-electron chi connectivity index (χ2n) is 5.50. The molecule has 2 heterocycles. The molecule has 3 rings (SSSR count). The summed E-state index contributed by atoms with van der Waals surface area (Å²) in [5.41, 5.74) is 0. The van der Waals surface area contributed by atoms with Crippen LogP contribution >= 0.6 is 11.3 Å². The summed E-state index contributed by atoms with van der Waals surface area (Å²) < 4.78 is 0. The Bertz CT molecular complexity index is 580. The van der Waals surface area contributed by atoms with Crippen molar-refractivity contribution in [3.05, 3.63) is 11.4 Å². The van der Waals surface area contributed by atoms with Gasteiger partial charge in [-0.3, -0.25) is 0 Å². The van der Waals surface area contributed by atoms with Crippen molar-refractivity contribution >= 4 is 33.3 Å². The number of nitrogens with one attached hydrogen (secondary N) is 2. The van der Waals surface area contributed by atoms with Crippen molar-refractivity contribution in [1.29, 1.82) is 0 Å². The zero-order valence-corrected chi connectivity index (χ0v) is 13.0. The summed E-state index contributed by atoms with van der Waals surface area (Å²) in [6, 6.07) is 2.72. The van der Waals surface area contributed by atoms with Crippen molar-refractivity contribution < 1.29 is 0 Å². The number of anilines is 2. The Morgan fingerprint density at radius 3 is 3.00 bits per heavy atom. The molecule has 5 heteroatoms. The first-order valence-electron chi connectivity index (χ1n) is 7.57. The van der Waals surface area contributed by atoms with E-state index in [0.29, 0.717) is 6.04 Å². The summed E-state index contributed by atoms with van der Waals surface area (Å²) in [5.74, 6) is 2.58. The van der Waals surface area contributed by atoms with Gasteiger partial charge in [-0.15, -0.1) is 11.3 Å². The fourth-order valence-electron chi connectivity index (χ4n) is 2.57. The number of hydrogen-bond donors (Lipinski definition) is 2. The zero-order valence-electron chi connectivity index (χ0n) is 12.1. The maximum atomic E-state index is 4.66. The topological polar surface area (TPSA) is 49.8 Å². The zero-order chi connectivity index (χ0) is 13.9. The maximum Gasteiger partial charge on any atom is 0.226 e. The minimum Gasteiger partial charge on any atom is -0.366 e. The minimum absolute atomic E-state index is 0.604. The van der Waals surface area contributed by atoms with Gasteiger partial charge in [0.25, 0.3) is 0 Å². The van der Waals surface area contributed by atoms with Crippen molar-refractivity contribution in [2.75, 3.05) is 17.2 Å². The number of thiophene rings is 1. The van der Waals surface area contributed by atoms with Gasteiger partial charge in [-0.2, -0.15) is 4.98 Å². The maximum absolute atomic E-state index is 4.66. The molecule has 1 aliphatic rings. The average molecular weight is 290 g/mol. The van der Waals surface area contributed by atoms with Crippen molar-refractivity contribution in [2.45, 2.75) is 45.6 Å². The summed E-state index contributed by atoms with van der Waals surface area (Å²) in [6.45, 7) is 5.32. The van der Waals surface area contributed by atoms with Crippen LogP contribution in [-0.2, 0) is 0 Å². The summed E-state index contributed by atoms with van der Waals surface area (Å²) >= 11 is 1.68. The molecular weight excluding hydrogens is 268 g/mol. The summed E-state index contributed by atoms with van der Waals surface area (Å²) in [4.78, 5) is 10.3. The lowest BCUT2D eigenvalue weighted by molar-refractivity contribution is 0.692. The molecule has 4 nitrogen and oxygen atoms in total. The molecule has 1 fully saturated rings. The Labute approximate surface area is 124 Å². The molecule has 0 bridgehead atoms. The smallest absolute Gasteiger partial charge is 0.226 e. The molecule has 1 saturated carbocycles. The molecular formula is C15H22N4S. The van der Waals surface area contributed by atoms with Gasteiger partial charge in [0.15, 0.2) is 0 Å². The van der Waals surface area contributed by atoms with E-state index in [-0.39, 0.29) is 0 Å². The number of nitrogens with zero attached hydrogens (tertiary/aromatic N) is 2. The lowest BCUT2D eigenvalue weighted by Crippen LogP contribution is -2.10. The predicted octanol–water partition coefficient (Wildman–Crippen LogP) is 4.11. The quantitative estimate of drug-likeness (QED) is 0.805. The third kappa shape index (κ3) is 2.87. The van der Waals surface area contributed by atoms with E-state index in [0.717, 1.165) is 40.9 Å². The molecule has 2 N–H and O–H groups in total. The third-order valence-corrected chi connectivity index (χ3v) is 4.57. The first kappa shape index (κ1) is 13.6. The summed E-state index contributed by atoms with van der Waals surface area (Å²) in [5, 5.41) is 10.1. The van der Waals surface area contributed by atoms with Crippen molar-refractivity contribution in [1.82, 2.24) is 9.97 Å². The van der Waals surface area contributed by atoms with E-state index < -0.39 is 0 Å². The van der Waals surface area contributed by atoms with Crippen LogP contribution in [0, 0.1) is 5.92 Å². The molecule has 0 radical (unpaired) electrons. The number of hydrogen-bond acceptors (Lipinski definition) is 5. The first-order valence-corrected chi connectivity index (χ1v) is 8.45. The summed E-state index contributed by atoms with van der Waals surface area (Å²) in [6.07, 6.45) is 4.94. The van der Waals surface area contributed by atoms with E-state index in [1.807, 2.05) is 0 Å². The van der Waals surface area contributed by atoms with Crippen LogP contribution in [0.5, 0.6) is 0 Å². The largest absolute Gasteiger partial charge is 0.366 e. The minimum atomic E-state index is 0.604. The van der Waals surface area contributed by atoms with Crippen LogP contribution in [0.1, 0.15) is 39.5 Å². The predicted molar refractivity (Wildman–Crippen MR) is 86.6 cm³/mol. The van der Waals surface area contributed by atoms with Crippen LogP contribution in [0.15, 0.2) is 11.4 Å². The fraction of sp³-hybridized carbons (Fsp3) is 0.600. The standard InChI is InChI=1S/C15H22N4S/c1-3-5-10-9-12(10)17-13-11-6-8-20-14(11)19-15(18-13)16-7-4-2/h6,8,10,12H,3-5,7,9H2,1-2H3,(H2,16,17,18,19). The van der Waals surface area contributed by atoms with Crippen LogP contribution in [0.2, 0.25) is 0 Å². The van der Waals surface area contributed by atoms with Gasteiger partial charge in [0.05, 0.1) is 5.39 Å². The molecule has 1 aliphatic carbocycles. The van der Waals surface area contributed by atoms with Gasteiger partial charge in [-0.05, 0) is 36.6 Å². The van der Waals surface area contributed by atoms with Gasteiger partial charge in [-0.25, -0.2) is 4.98 Å². The number of rotatable bonds is 7. The molecule has 0 aliphatic heterocycles. The highest BCUT2D eigenvalue weighted by molar-refractivity contribution is 7.16. The normalized spacial score (nSPS) is 21.1. The Hall–Kier alpha value is -1.36. The van der Waals surface area contributed by atoms with Gasteiger partial charge in [0.1, 0.15) is 10.6 Å². The van der Waals surface area contributed by atoms with E-state index in [1.165, 1.54) is 19.3 Å². The number of fused-ring (bicyclic) bond motifs is 1. The van der Waals surface area contributed by atoms with Crippen LogP contribution in [0.25, 0.3) is 10.2 Å². The molecule has 2 unspecified atom stereocenters. The molecule has 0 saturated heterocycles. The van der Waals surface area contributed by atoms with Crippen LogP contribution in [0.3, 0.4) is 0 Å². The number of aromatic nitrogens is 2. The Morgan fingerprint density at radius 2 is 2.20 bits per heavy atom. The van der Waals surface area contributed by atoms with Crippen molar-refractivity contribution in [2.24, 2.45) is 5.92 Å². The monoisotopic (exact) mass is 290 g/mol. The third-order valence-electron chi connectivity index (χ3n) is 3.76. The van der Waals surface area contributed by atoms with Crippen molar-refractivity contribution in [3.63, 3.8) is 0 Å². The molecule has 2 aromatic rings. The summed E-state index contributed by atoms with van der Waals surface area (Å²) in [7, 11) is 0. The van der Waals surface area contributed by atoms with E-state index in [2.05, 4.69) is 45.9 Å². The molecule has 2 atom stereocenters. The second kappa shape index (κ2) is 5.95. The Kier molecular flexibility index (Phi) is 4.05. The molecule has 108 valence electrons. The van der Waals surface area contributed by atoms with Gasteiger partial charge >= 0.3 is 0 Å². The first-order chi connectivity index (χ1) is 9.81. The second-order valence-corrected chi connectivity index (χ2v) is 6.39. The average Bonchev–Trinajstić information content (AvgIpc) is 3.00. The fourth-order valence-corrected chi connectivity index (χ4v) is 3.33. The van der Waals surface area contributed by atoms with Gasteiger partial charge < -0.3 is 10.6 Å². The lowest BCUT2D eigenvalue weighted by atomic mass is 10.2. The molecule has 0 amide bonds. The molecule has 20 heavy (non-hydrogen) atoms. The van der Waals surface area contributed by atoms with Gasteiger partial charge in [0, 0.05) is 12.6 Å². The van der Waals surface area contributed by atoms with Crippen molar-refractivity contribution in [3.8, 4) is 0 Å². The van der Waals surface area contributed by atoms with Gasteiger partial charge in [-0.1, -0.05) is 20.3 Å². The highest BCUT2D eigenvalue weighted by Gasteiger charge is 2.36. The van der Waals surface area contributed by atoms with Gasteiger partial charge in [0.2, 0.25) is 5.95 Å². The SMILES string of the molecule is CCCNc1nc(NC2CC2CCC)c2ccsc2n1. The van der Waals surface area contributed by atoms with E-state index in [1.54, 1.807) is 11.3 Å².